The van der Waals surface area contributed by atoms with Gasteiger partial charge in [-0.3, -0.25) is 9.59 Å². The number of carbonyl (C=O) groups is 1. The fourth-order valence-corrected chi connectivity index (χ4v) is 3.35. The number of nitrogens with zero attached hydrogens (tertiary/aromatic N) is 3. The van der Waals surface area contributed by atoms with Crippen molar-refractivity contribution in [2.75, 3.05) is 6.54 Å². The van der Waals surface area contributed by atoms with Crippen LogP contribution in [0.3, 0.4) is 0 Å². The van der Waals surface area contributed by atoms with Crippen LogP contribution in [-0.4, -0.2) is 33.2 Å². The maximum Gasteiger partial charge on any atom is 0.289 e. The molecule has 2 aromatic rings. The van der Waals surface area contributed by atoms with Crippen LogP contribution in [0.1, 0.15) is 49.9 Å². The predicted molar refractivity (Wildman–Crippen MR) is 97.7 cm³/mol. The Labute approximate surface area is 154 Å². The van der Waals surface area contributed by atoms with Crippen molar-refractivity contribution in [2.24, 2.45) is 0 Å². The van der Waals surface area contributed by atoms with E-state index in [0.717, 1.165) is 18.5 Å². The second-order valence-electron chi connectivity index (χ2n) is 7.39. The third kappa shape index (κ3) is 3.86. The first-order valence-corrected chi connectivity index (χ1v) is 9.20. The lowest BCUT2D eigenvalue weighted by Gasteiger charge is -2.25. The molecule has 1 unspecified atom stereocenters. The number of rotatable bonds is 3. The van der Waals surface area contributed by atoms with Gasteiger partial charge >= 0.3 is 0 Å². The lowest BCUT2D eigenvalue weighted by atomic mass is 9.92. The monoisotopic (exact) mass is 407 g/mol. The largest absolute Gasteiger partial charge is 0.444 e. The molecular weight excluding hydrogens is 386 g/mol. The zero-order valence-corrected chi connectivity index (χ0v) is 16.2. The number of hydrogen-bond acceptors (Lipinski definition) is 4. The molecule has 1 aliphatic heterocycles. The van der Waals surface area contributed by atoms with Gasteiger partial charge in [0.05, 0.1) is 18.3 Å². The zero-order valence-electron chi connectivity index (χ0n) is 14.7. The van der Waals surface area contributed by atoms with Crippen molar-refractivity contribution < 1.29 is 9.21 Å². The smallest absolute Gasteiger partial charge is 0.289 e. The summed E-state index contributed by atoms with van der Waals surface area (Å²) in [7, 11) is 0. The Hall–Kier alpha value is -1.89. The summed E-state index contributed by atoms with van der Waals surface area (Å²) < 4.78 is 7.40. The lowest BCUT2D eigenvalue weighted by Crippen LogP contribution is -2.41. The summed E-state index contributed by atoms with van der Waals surface area (Å²) in [4.78, 5) is 26.7. The summed E-state index contributed by atoms with van der Waals surface area (Å²) >= 11 is 3.22. The van der Waals surface area contributed by atoms with E-state index in [1.807, 2.05) is 0 Å². The van der Waals surface area contributed by atoms with Crippen molar-refractivity contribution in [3.8, 4) is 0 Å². The fraction of sp³-hybridized carbons (Fsp3) is 0.500. The molecule has 1 aliphatic rings. The molecule has 3 rings (SSSR count). The average molecular weight is 408 g/mol. The molecule has 0 bridgehead atoms. The molecular formula is C18H22BrN3O3. The molecule has 1 amide bonds. The van der Waals surface area contributed by atoms with Gasteiger partial charge in [-0.05, 0) is 47.0 Å². The van der Waals surface area contributed by atoms with Crippen LogP contribution in [0.4, 0.5) is 0 Å². The number of aromatic nitrogens is 2. The highest BCUT2D eigenvalue weighted by molar-refractivity contribution is 9.10. The normalized spacial score (nSPS) is 17.9. The van der Waals surface area contributed by atoms with Gasteiger partial charge in [-0.15, -0.1) is 0 Å². The van der Waals surface area contributed by atoms with E-state index in [0.29, 0.717) is 23.5 Å². The molecule has 6 nitrogen and oxygen atoms in total. The molecule has 1 atom stereocenters. The summed E-state index contributed by atoms with van der Waals surface area (Å²) in [6.07, 6.45) is 1.76. The Morgan fingerprint density at radius 3 is 2.72 bits per heavy atom. The minimum Gasteiger partial charge on any atom is -0.444 e. The van der Waals surface area contributed by atoms with Gasteiger partial charge in [-0.2, -0.15) is 5.10 Å². The molecule has 0 spiro atoms. The Morgan fingerprint density at radius 2 is 2.08 bits per heavy atom. The Kier molecular flexibility index (Phi) is 4.86. The first kappa shape index (κ1) is 17.9. The number of likely N-dealkylation sites (tertiary alicyclic amines) is 1. The van der Waals surface area contributed by atoms with Gasteiger partial charge in [0.15, 0.2) is 10.4 Å². The molecule has 0 aliphatic carbocycles. The van der Waals surface area contributed by atoms with Crippen molar-refractivity contribution in [2.45, 2.75) is 51.6 Å². The van der Waals surface area contributed by atoms with Gasteiger partial charge in [0.2, 0.25) is 0 Å². The molecule has 25 heavy (non-hydrogen) atoms. The third-order valence-corrected chi connectivity index (χ3v) is 4.87. The van der Waals surface area contributed by atoms with Crippen LogP contribution >= 0.6 is 15.9 Å². The van der Waals surface area contributed by atoms with Gasteiger partial charge in [0, 0.05) is 18.0 Å². The molecule has 1 fully saturated rings. The molecule has 0 N–H and O–H groups in total. The first-order valence-electron chi connectivity index (χ1n) is 8.40. The van der Waals surface area contributed by atoms with Gasteiger partial charge in [0.1, 0.15) is 0 Å². The minimum atomic E-state index is -0.145. The Morgan fingerprint density at radius 1 is 1.32 bits per heavy atom. The van der Waals surface area contributed by atoms with E-state index < -0.39 is 0 Å². The Balaban J connectivity index is 1.82. The topological polar surface area (TPSA) is 68.3 Å². The number of furan rings is 1. The lowest BCUT2D eigenvalue weighted by molar-refractivity contribution is 0.0686. The number of amides is 1. The maximum atomic E-state index is 12.7. The zero-order chi connectivity index (χ0) is 18.2. The highest BCUT2D eigenvalue weighted by Gasteiger charge is 2.32. The van der Waals surface area contributed by atoms with E-state index in [1.54, 1.807) is 29.2 Å². The summed E-state index contributed by atoms with van der Waals surface area (Å²) in [6, 6.07) is 6.63. The molecule has 2 aromatic heterocycles. The van der Waals surface area contributed by atoms with Crippen molar-refractivity contribution in [1.29, 1.82) is 0 Å². The SMILES string of the molecule is CC(C)(C)c1ccc(=O)n(CC2CCCN2C(=O)c2ccc(Br)o2)n1. The number of carbonyl (C=O) groups excluding carboxylic acids is 1. The van der Waals surface area contributed by atoms with Crippen LogP contribution in [-0.2, 0) is 12.0 Å². The highest BCUT2D eigenvalue weighted by atomic mass is 79.9. The summed E-state index contributed by atoms with van der Waals surface area (Å²) in [5, 5.41) is 4.51. The Bertz CT molecular complexity index is 835. The van der Waals surface area contributed by atoms with Gasteiger partial charge in [0.25, 0.3) is 11.5 Å². The van der Waals surface area contributed by atoms with E-state index >= 15 is 0 Å². The maximum absolute atomic E-state index is 12.7. The standard InChI is InChI=1S/C18H22BrN3O3/c1-18(2,3)14-7-9-16(23)22(20-14)11-12-5-4-10-21(12)17(24)13-6-8-15(19)25-13/h6-9,12H,4-5,10-11H2,1-3H3. The van der Waals surface area contributed by atoms with Crippen molar-refractivity contribution in [3.05, 3.63) is 50.7 Å². The summed E-state index contributed by atoms with van der Waals surface area (Å²) in [6.45, 7) is 7.24. The van der Waals surface area contributed by atoms with Crippen molar-refractivity contribution >= 4 is 21.8 Å². The van der Waals surface area contributed by atoms with Gasteiger partial charge in [-0.25, -0.2) is 4.68 Å². The second kappa shape index (κ2) is 6.78. The van der Waals surface area contributed by atoms with Crippen LogP contribution in [0.2, 0.25) is 0 Å². The molecule has 0 radical (unpaired) electrons. The first-order chi connectivity index (χ1) is 11.8. The number of halogens is 1. The minimum absolute atomic E-state index is 0.0585. The van der Waals surface area contributed by atoms with E-state index in [4.69, 9.17) is 4.42 Å². The van der Waals surface area contributed by atoms with Gasteiger partial charge in [-0.1, -0.05) is 20.8 Å². The van der Waals surface area contributed by atoms with Crippen LogP contribution in [0.25, 0.3) is 0 Å². The van der Waals surface area contributed by atoms with Crippen LogP contribution < -0.4 is 5.56 Å². The van der Waals surface area contributed by atoms with E-state index in [-0.39, 0.29) is 22.9 Å². The average Bonchev–Trinajstić information content (AvgIpc) is 3.16. The van der Waals surface area contributed by atoms with E-state index in [2.05, 4.69) is 41.8 Å². The fourth-order valence-electron chi connectivity index (χ4n) is 3.04. The van der Waals surface area contributed by atoms with Crippen molar-refractivity contribution in [3.63, 3.8) is 0 Å². The quantitative estimate of drug-likeness (QED) is 0.782. The van der Waals surface area contributed by atoms with Crippen molar-refractivity contribution in [1.82, 2.24) is 14.7 Å². The molecule has 7 heteroatoms. The molecule has 1 saturated heterocycles. The molecule has 134 valence electrons. The molecule has 0 aromatic carbocycles. The van der Waals surface area contributed by atoms with Crippen LogP contribution in [0.5, 0.6) is 0 Å². The van der Waals surface area contributed by atoms with Crippen LogP contribution in [0, 0.1) is 0 Å². The van der Waals surface area contributed by atoms with E-state index in [9.17, 15) is 9.59 Å². The van der Waals surface area contributed by atoms with Gasteiger partial charge < -0.3 is 9.32 Å². The van der Waals surface area contributed by atoms with E-state index in [1.165, 1.54) is 4.68 Å². The predicted octanol–water partition coefficient (Wildman–Crippen LogP) is 3.20. The summed E-state index contributed by atoms with van der Waals surface area (Å²) in [5.41, 5.74) is 0.576. The van der Waals surface area contributed by atoms with Crippen LogP contribution in [0.15, 0.2) is 38.1 Å². The third-order valence-electron chi connectivity index (χ3n) is 4.44. The number of hydrogen-bond donors (Lipinski definition) is 0. The summed E-state index contributed by atoms with van der Waals surface area (Å²) in [5.74, 6) is 0.163. The second-order valence-corrected chi connectivity index (χ2v) is 8.17. The highest BCUT2D eigenvalue weighted by Crippen LogP contribution is 2.24. The molecule has 0 saturated carbocycles. The molecule has 3 heterocycles.